The average molecular weight is 356 g/mol. The van der Waals surface area contributed by atoms with Crippen molar-refractivity contribution in [1.82, 2.24) is 4.90 Å². The second-order valence-corrected chi connectivity index (χ2v) is 7.19. The number of primary amides is 1. The number of amides is 1. The molecule has 3 aromatic carbocycles. The molecule has 1 heterocycles. The van der Waals surface area contributed by atoms with E-state index in [-0.39, 0.29) is 5.91 Å². The normalized spacial score (nSPS) is 16.7. The maximum Gasteiger partial charge on any atom is 0.248 e. The second-order valence-electron chi connectivity index (χ2n) is 7.19. The highest BCUT2D eigenvalue weighted by Crippen LogP contribution is 2.33. The van der Waals surface area contributed by atoms with E-state index in [0.29, 0.717) is 11.6 Å². The second kappa shape index (κ2) is 7.77. The molecule has 0 unspecified atom stereocenters. The van der Waals surface area contributed by atoms with Crippen LogP contribution in [0.3, 0.4) is 0 Å². The van der Waals surface area contributed by atoms with E-state index in [9.17, 15) is 4.79 Å². The average Bonchev–Trinajstić information content (AvgIpc) is 2.71. The van der Waals surface area contributed by atoms with Crippen LogP contribution in [0.15, 0.2) is 78.9 Å². The highest BCUT2D eigenvalue weighted by atomic mass is 16.1. The minimum Gasteiger partial charge on any atom is -0.366 e. The van der Waals surface area contributed by atoms with Gasteiger partial charge in [0.1, 0.15) is 0 Å². The smallest absolute Gasteiger partial charge is 0.248 e. The van der Waals surface area contributed by atoms with E-state index in [1.165, 1.54) is 22.3 Å². The fourth-order valence-electron chi connectivity index (χ4n) is 3.98. The molecule has 1 amide bonds. The quantitative estimate of drug-likeness (QED) is 0.747. The third-order valence-corrected chi connectivity index (χ3v) is 5.42. The van der Waals surface area contributed by atoms with Gasteiger partial charge in [-0.1, -0.05) is 66.7 Å². The zero-order chi connectivity index (χ0) is 18.6. The lowest BCUT2D eigenvalue weighted by atomic mass is 9.88. The molecule has 0 fully saturated rings. The number of hydrogen-bond acceptors (Lipinski definition) is 2. The fraction of sp³-hybridized carbons (Fsp3) is 0.208. The highest BCUT2D eigenvalue weighted by Gasteiger charge is 2.27. The Kier molecular flexibility index (Phi) is 5.03. The van der Waals surface area contributed by atoms with Crippen LogP contribution in [0.4, 0.5) is 0 Å². The van der Waals surface area contributed by atoms with Gasteiger partial charge in [0.25, 0.3) is 0 Å². The van der Waals surface area contributed by atoms with Crippen molar-refractivity contribution in [3.63, 3.8) is 0 Å². The van der Waals surface area contributed by atoms with E-state index >= 15 is 0 Å². The minimum absolute atomic E-state index is 0.355. The Bertz CT molecular complexity index is 919. The number of nitrogens with zero attached hydrogens (tertiary/aromatic N) is 1. The summed E-state index contributed by atoms with van der Waals surface area (Å²) >= 11 is 0. The zero-order valence-electron chi connectivity index (χ0n) is 15.3. The first kappa shape index (κ1) is 17.5. The first-order valence-electron chi connectivity index (χ1n) is 9.45. The Morgan fingerprint density at radius 2 is 1.59 bits per heavy atom. The number of hydrogen-bond donors (Lipinski definition) is 1. The van der Waals surface area contributed by atoms with Crippen LogP contribution in [0.2, 0.25) is 0 Å². The van der Waals surface area contributed by atoms with Crippen LogP contribution in [0.5, 0.6) is 0 Å². The van der Waals surface area contributed by atoms with Gasteiger partial charge < -0.3 is 5.73 Å². The molecule has 27 heavy (non-hydrogen) atoms. The van der Waals surface area contributed by atoms with Gasteiger partial charge in [0, 0.05) is 24.7 Å². The van der Waals surface area contributed by atoms with Crippen molar-refractivity contribution < 1.29 is 4.79 Å². The lowest BCUT2D eigenvalue weighted by Gasteiger charge is -2.37. The zero-order valence-corrected chi connectivity index (χ0v) is 15.3. The van der Waals surface area contributed by atoms with Crippen molar-refractivity contribution in [2.75, 3.05) is 6.54 Å². The van der Waals surface area contributed by atoms with Gasteiger partial charge in [0.05, 0.1) is 0 Å². The molecule has 0 aliphatic carbocycles. The summed E-state index contributed by atoms with van der Waals surface area (Å²) in [5.74, 6) is -0.379. The van der Waals surface area contributed by atoms with Gasteiger partial charge in [-0.3, -0.25) is 9.69 Å². The summed E-state index contributed by atoms with van der Waals surface area (Å²) in [6, 6.07) is 27.5. The van der Waals surface area contributed by atoms with E-state index in [1.807, 2.05) is 24.3 Å². The van der Waals surface area contributed by atoms with Gasteiger partial charge in [-0.05, 0) is 47.2 Å². The predicted octanol–water partition coefficient (Wildman–Crippen LogP) is 4.13. The van der Waals surface area contributed by atoms with Crippen molar-refractivity contribution in [1.29, 1.82) is 0 Å². The lowest BCUT2D eigenvalue weighted by molar-refractivity contribution is 0.1000. The highest BCUT2D eigenvalue weighted by molar-refractivity contribution is 5.92. The summed E-state index contributed by atoms with van der Waals surface area (Å²) in [5.41, 5.74) is 11.4. The number of rotatable bonds is 5. The minimum atomic E-state index is -0.379. The number of nitrogens with two attached hydrogens (primary N) is 1. The van der Waals surface area contributed by atoms with Crippen molar-refractivity contribution in [3.8, 4) is 0 Å². The van der Waals surface area contributed by atoms with E-state index in [0.717, 1.165) is 25.9 Å². The molecule has 136 valence electrons. The Morgan fingerprint density at radius 3 is 2.33 bits per heavy atom. The molecule has 0 saturated heterocycles. The molecule has 2 N–H and O–H groups in total. The molecule has 3 aromatic rings. The molecule has 4 rings (SSSR count). The molecule has 1 atom stereocenters. The summed E-state index contributed by atoms with van der Waals surface area (Å²) in [6.45, 7) is 1.90. The molecule has 0 saturated carbocycles. The Morgan fingerprint density at radius 1 is 0.889 bits per heavy atom. The molecule has 3 heteroatoms. The fourth-order valence-corrected chi connectivity index (χ4v) is 3.98. The molecule has 3 nitrogen and oxygen atoms in total. The summed E-state index contributed by atoms with van der Waals surface area (Å²) in [6.07, 6.45) is 2.07. The van der Waals surface area contributed by atoms with Crippen LogP contribution in [0, 0.1) is 0 Å². The van der Waals surface area contributed by atoms with Crippen LogP contribution in [-0.2, 0) is 19.4 Å². The van der Waals surface area contributed by atoms with Crippen LogP contribution in [0.1, 0.15) is 38.7 Å². The van der Waals surface area contributed by atoms with Crippen LogP contribution >= 0.6 is 0 Å². The first-order chi connectivity index (χ1) is 13.2. The van der Waals surface area contributed by atoms with Gasteiger partial charge in [-0.2, -0.15) is 0 Å². The van der Waals surface area contributed by atoms with Gasteiger partial charge in [-0.15, -0.1) is 0 Å². The molecular weight excluding hydrogens is 332 g/mol. The molecule has 1 aliphatic heterocycles. The molecule has 0 spiro atoms. The van der Waals surface area contributed by atoms with E-state index < -0.39 is 0 Å². The summed E-state index contributed by atoms with van der Waals surface area (Å²) in [4.78, 5) is 13.9. The maximum atomic E-state index is 11.3. The molecule has 1 aliphatic rings. The van der Waals surface area contributed by atoms with Crippen LogP contribution in [0.25, 0.3) is 0 Å². The molecule has 0 bridgehead atoms. The van der Waals surface area contributed by atoms with Crippen molar-refractivity contribution in [2.24, 2.45) is 5.73 Å². The maximum absolute atomic E-state index is 11.3. The monoisotopic (exact) mass is 356 g/mol. The van der Waals surface area contributed by atoms with E-state index in [4.69, 9.17) is 5.73 Å². The summed E-state index contributed by atoms with van der Waals surface area (Å²) < 4.78 is 0. The summed E-state index contributed by atoms with van der Waals surface area (Å²) in [5, 5.41) is 0. The van der Waals surface area contributed by atoms with Gasteiger partial charge in [0.15, 0.2) is 0 Å². The number of carbonyl (C=O) groups is 1. The Hall–Kier alpha value is -2.91. The van der Waals surface area contributed by atoms with Gasteiger partial charge in [-0.25, -0.2) is 0 Å². The Labute approximate surface area is 160 Å². The molecule has 0 aromatic heterocycles. The van der Waals surface area contributed by atoms with Crippen molar-refractivity contribution in [2.45, 2.75) is 25.4 Å². The standard InChI is InChI=1S/C24H24N2O/c25-24(27)21-12-10-19(11-13-21)17-26-15-14-20-8-4-5-9-22(20)23(26)16-18-6-2-1-3-7-18/h1-13,23H,14-17H2,(H2,25,27)/t23-/m0/s1. The Balaban J connectivity index is 1.61. The molecule has 0 radical (unpaired) electrons. The van der Waals surface area contributed by atoms with Crippen molar-refractivity contribution in [3.05, 3.63) is 107 Å². The van der Waals surface area contributed by atoms with E-state index in [2.05, 4.69) is 59.5 Å². The van der Waals surface area contributed by atoms with Gasteiger partial charge >= 0.3 is 0 Å². The van der Waals surface area contributed by atoms with Crippen LogP contribution < -0.4 is 5.73 Å². The SMILES string of the molecule is NC(=O)c1ccc(CN2CCc3ccccc3[C@@H]2Cc2ccccc2)cc1. The van der Waals surface area contributed by atoms with Gasteiger partial charge in [0.2, 0.25) is 5.91 Å². The summed E-state index contributed by atoms with van der Waals surface area (Å²) in [7, 11) is 0. The van der Waals surface area contributed by atoms with E-state index in [1.54, 1.807) is 0 Å². The first-order valence-corrected chi connectivity index (χ1v) is 9.45. The number of benzene rings is 3. The topological polar surface area (TPSA) is 46.3 Å². The lowest BCUT2D eigenvalue weighted by Crippen LogP contribution is -2.36. The third kappa shape index (κ3) is 3.93. The molecular formula is C24H24N2O. The largest absolute Gasteiger partial charge is 0.366 e. The predicted molar refractivity (Wildman–Crippen MR) is 108 cm³/mol. The number of fused-ring (bicyclic) bond motifs is 1. The van der Waals surface area contributed by atoms with Crippen LogP contribution in [-0.4, -0.2) is 17.4 Å². The third-order valence-electron chi connectivity index (χ3n) is 5.42. The number of carbonyl (C=O) groups excluding carboxylic acids is 1. The van der Waals surface area contributed by atoms with Crippen molar-refractivity contribution >= 4 is 5.91 Å².